The molecule has 2 rings (SSSR count). The topological polar surface area (TPSA) is 95.5 Å². The Kier molecular flexibility index (Phi) is 3.27. The zero-order chi connectivity index (χ0) is 13.1. The molecule has 1 saturated heterocycles. The summed E-state index contributed by atoms with van der Waals surface area (Å²) in [6, 6.07) is 5.53. The predicted molar refractivity (Wildman–Crippen MR) is 62.3 cm³/mol. The van der Waals surface area contributed by atoms with Gasteiger partial charge in [-0.2, -0.15) is 0 Å². The van der Waals surface area contributed by atoms with Gasteiger partial charge in [0.05, 0.1) is 11.6 Å². The Labute approximate surface area is 103 Å². The Bertz CT molecular complexity index is 513. The number of rotatable bonds is 3. The maximum Gasteiger partial charge on any atom is 0.335 e. The van der Waals surface area contributed by atoms with Crippen molar-refractivity contribution < 1.29 is 19.5 Å². The van der Waals surface area contributed by atoms with Gasteiger partial charge in [-0.05, 0) is 18.2 Å². The molecule has 0 aromatic heterocycles. The lowest BCUT2D eigenvalue weighted by Crippen LogP contribution is -2.36. The summed E-state index contributed by atoms with van der Waals surface area (Å²) in [5.41, 5.74) is 0.331. The molecule has 94 valence electrons. The zero-order valence-corrected chi connectivity index (χ0v) is 9.47. The fourth-order valence-corrected chi connectivity index (χ4v) is 1.77. The second-order valence-electron chi connectivity index (χ2n) is 4.06. The standard InChI is InChI=1S/C12H12N2O4/c15-10-5-9(6-13-10)14-11(16)7-2-1-3-8(4-7)12(17)18/h1-4,9H,5-6H2,(H,13,15)(H,14,16)(H,17,18). The monoisotopic (exact) mass is 248 g/mol. The molecule has 3 N–H and O–H groups in total. The van der Waals surface area contributed by atoms with Crippen LogP contribution in [-0.4, -0.2) is 35.5 Å². The van der Waals surface area contributed by atoms with Crippen LogP contribution in [0.2, 0.25) is 0 Å². The number of aromatic carboxylic acids is 1. The van der Waals surface area contributed by atoms with Crippen molar-refractivity contribution in [2.75, 3.05) is 6.54 Å². The minimum atomic E-state index is -1.08. The molecule has 1 heterocycles. The highest BCUT2D eigenvalue weighted by molar-refractivity contribution is 5.98. The molecular weight excluding hydrogens is 236 g/mol. The largest absolute Gasteiger partial charge is 0.478 e. The molecule has 1 atom stereocenters. The van der Waals surface area contributed by atoms with Crippen molar-refractivity contribution in [3.63, 3.8) is 0 Å². The van der Waals surface area contributed by atoms with Crippen LogP contribution in [0.3, 0.4) is 0 Å². The van der Waals surface area contributed by atoms with Gasteiger partial charge in [0.1, 0.15) is 0 Å². The van der Waals surface area contributed by atoms with E-state index in [0.717, 1.165) is 0 Å². The van der Waals surface area contributed by atoms with Gasteiger partial charge >= 0.3 is 5.97 Å². The summed E-state index contributed by atoms with van der Waals surface area (Å²) in [7, 11) is 0. The molecule has 1 aromatic carbocycles. The van der Waals surface area contributed by atoms with Crippen LogP contribution >= 0.6 is 0 Å². The summed E-state index contributed by atoms with van der Waals surface area (Å²) in [6.45, 7) is 0.406. The van der Waals surface area contributed by atoms with E-state index < -0.39 is 5.97 Å². The Morgan fingerprint density at radius 2 is 2.06 bits per heavy atom. The van der Waals surface area contributed by atoms with E-state index in [1.807, 2.05) is 0 Å². The van der Waals surface area contributed by atoms with E-state index in [4.69, 9.17) is 5.11 Å². The molecule has 0 radical (unpaired) electrons. The minimum Gasteiger partial charge on any atom is -0.478 e. The molecule has 6 nitrogen and oxygen atoms in total. The van der Waals surface area contributed by atoms with Gasteiger partial charge in [0.25, 0.3) is 5.91 Å². The third-order valence-electron chi connectivity index (χ3n) is 2.68. The number of carboxylic acid groups (broad SMARTS) is 1. The summed E-state index contributed by atoms with van der Waals surface area (Å²) in [5.74, 6) is -1.55. The van der Waals surface area contributed by atoms with Crippen LogP contribution in [0.1, 0.15) is 27.1 Å². The maximum atomic E-state index is 11.8. The normalized spacial score (nSPS) is 18.2. The molecule has 1 unspecified atom stereocenters. The van der Waals surface area contributed by atoms with Gasteiger partial charge in [-0.15, -0.1) is 0 Å². The van der Waals surface area contributed by atoms with Crippen LogP contribution in [0.15, 0.2) is 24.3 Å². The third-order valence-corrected chi connectivity index (χ3v) is 2.68. The van der Waals surface area contributed by atoms with E-state index in [2.05, 4.69) is 10.6 Å². The highest BCUT2D eigenvalue weighted by atomic mass is 16.4. The second-order valence-corrected chi connectivity index (χ2v) is 4.06. The van der Waals surface area contributed by atoms with Gasteiger partial charge in [-0.25, -0.2) is 4.79 Å². The summed E-state index contributed by atoms with van der Waals surface area (Å²) in [4.78, 5) is 33.6. The first-order valence-electron chi connectivity index (χ1n) is 5.47. The summed E-state index contributed by atoms with van der Waals surface area (Å²) < 4.78 is 0. The van der Waals surface area contributed by atoms with Gasteiger partial charge in [-0.1, -0.05) is 6.07 Å². The summed E-state index contributed by atoms with van der Waals surface area (Å²) in [6.07, 6.45) is 0.254. The molecule has 0 aliphatic carbocycles. The number of amides is 2. The average molecular weight is 248 g/mol. The van der Waals surface area contributed by atoms with Gasteiger partial charge in [0.2, 0.25) is 5.91 Å². The van der Waals surface area contributed by atoms with Gasteiger partial charge < -0.3 is 15.7 Å². The maximum absolute atomic E-state index is 11.8. The molecule has 1 aliphatic rings. The number of hydrogen-bond acceptors (Lipinski definition) is 3. The molecular formula is C12H12N2O4. The predicted octanol–water partition coefficient (Wildman–Crippen LogP) is 0.00310. The highest BCUT2D eigenvalue weighted by Crippen LogP contribution is 2.07. The van der Waals surface area contributed by atoms with Crippen molar-refractivity contribution in [2.45, 2.75) is 12.5 Å². The number of carboxylic acids is 1. The molecule has 0 spiro atoms. The molecule has 1 aromatic rings. The molecule has 18 heavy (non-hydrogen) atoms. The quantitative estimate of drug-likeness (QED) is 0.701. The third kappa shape index (κ3) is 2.65. The fraction of sp³-hybridized carbons (Fsp3) is 0.250. The van der Waals surface area contributed by atoms with Crippen LogP contribution in [0.4, 0.5) is 0 Å². The highest BCUT2D eigenvalue weighted by Gasteiger charge is 2.23. The number of carbonyl (C=O) groups excluding carboxylic acids is 2. The van der Waals surface area contributed by atoms with E-state index in [9.17, 15) is 14.4 Å². The molecule has 2 amide bonds. The number of hydrogen-bond donors (Lipinski definition) is 3. The first-order valence-corrected chi connectivity index (χ1v) is 5.47. The fourth-order valence-electron chi connectivity index (χ4n) is 1.77. The number of carbonyl (C=O) groups is 3. The van der Waals surface area contributed by atoms with Crippen molar-refractivity contribution in [3.8, 4) is 0 Å². The van der Waals surface area contributed by atoms with Gasteiger partial charge in [-0.3, -0.25) is 9.59 Å². The van der Waals surface area contributed by atoms with Crippen LogP contribution < -0.4 is 10.6 Å². The molecule has 6 heteroatoms. The lowest BCUT2D eigenvalue weighted by Gasteiger charge is -2.10. The van der Waals surface area contributed by atoms with Crippen LogP contribution in [-0.2, 0) is 4.79 Å². The lowest BCUT2D eigenvalue weighted by atomic mass is 10.1. The van der Waals surface area contributed by atoms with Crippen molar-refractivity contribution >= 4 is 17.8 Å². The molecule has 1 aliphatic heterocycles. The SMILES string of the molecule is O=C1CC(NC(=O)c2cccc(C(=O)O)c2)CN1. The van der Waals surface area contributed by atoms with Crippen molar-refractivity contribution in [3.05, 3.63) is 35.4 Å². The van der Waals surface area contributed by atoms with E-state index in [-0.39, 0.29) is 35.4 Å². The molecule has 0 bridgehead atoms. The Morgan fingerprint density at radius 3 is 2.67 bits per heavy atom. The van der Waals surface area contributed by atoms with E-state index in [1.165, 1.54) is 24.3 Å². The lowest BCUT2D eigenvalue weighted by molar-refractivity contribution is -0.119. The second kappa shape index (κ2) is 4.87. The average Bonchev–Trinajstić information content (AvgIpc) is 2.75. The first kappa shape index (κ1) is 12.1. The number of nitrogens with one attached hydrogen (secondary N) is 2. The van der Waals surface area contributed by atoms with Gasteiger partial charge in [0, 0.05) is 18.5 Å². The van der Waals surface area contributed by atoms with Crippen molar-refractivity contribution in [1.29, 1.82) is 0 Å². The Morgan fingerprint density at radius 1 is 1.33 bits per heavy atom. The Balaban J connectivity index is 2.06. The smallest absolute Gasteiger partial charge is 0.335 e. The van der Waals surface area contributed by atoms with Crippen LogP contribution in [0.5, 0.6) is 0 Å². The van der Waals surface area contributed by atoms with Crippen molar-refractivity contribution in [2.24, 2.45) is 0 Å². The summed E-state index contributed by atoms with van der Waals surface area (Å²) in [5, 5.41) is 14.1. The van der Waals surface area contributed by atoms with Gasteiger partial charge in [0.15, 0.2) is 0 Å². The minimum absolute atomic E-state index is 0.0586. The van der Waals surface area contributed by atoms with E-state index >= 15 is 0 Å². The van der Waals surface area contributed by atoms with Crippen LogP contribution in [0.25, 0.3) is 0 Å². The van der Waals surface area contributed by atoms with E-state index in [0.29, 0.717) is 6.54 Å². The van der Waals surface area contributed by atoms with E-state index in [1.54, 1.807) is 0 Å². The zero-order valence-electron chi connectivity index (χ0n) is 9.47. The summed E-state index contributed by atoms with van der Waals surface area (Å²) >= 11 is 0. The number of benzene rings is 1. The molecule has 0 saturated carbocycles. The van der Waals surface area contributed by atoms with Crippen LogP contribution in [0, 0.1) is 0 Å². The first-order chi connectivity index (χ1) is 8.56. The molecule has 1 fully saturated rings. The Hall–Kier alpha value is -2.37. The van der Waals surface area contributed by atoms with Crippen molar-refractivity contribution in [1.82, 2.24) is 10.6 Å².